The molecule has 0 aromatic heterocycles. The van der Waals surface area contributed by atoms with Gasteiger partial charge in [0, 0.05) is 6.21 Å². The number of halogens is 3. The van der Waals surface area contributed by atoms with Crippen LogP contribution in [0.25, 0.3) is 0 Å². The maximum atomic E-state index is 13.0. The lowest BCUT2D eigenvalue weighted by Crippen LogP contribution is -1.95. The summed E-state index contributed by atoms with van der Waals surface area (Å²) >= 11 is 2.05. The summed E-state index contributed by atoms with van der Waals surface area (Å²) in [5, 5.41) is 0. The molecule has 0 fully saturated rings. The molecule has 13 heavy (non-hydrogen) atoms. The lowest BCUT2D eigenvalue weighted by Gasteiger charge is -1.98. The topological polar surface area (TPSA) is 12.4 Å². The van der Waals surface area contributed by atoms with Crippen molar-refractivity contribution < 1.29 is 8.78 Å². The second-order valence-electron chi connectivity index (χ2n) is 2.49. The molecule has 0 N–H and O–H groups in total. The van der Waals surface area contributed by atoms with Gasteiger partial charge in [0.15, 0.2) is 0 Å². The van der Waals surface area contributed by atoms with Crippen molar-refractivity contribution in [3.8, 4) is 0 Å². The second kappa shape index (κ2) is 4.64. The number of alkyl halides is 1. The quantitative estimate of drug-likeness (QED) is 0.344. The Kier molecular flexibility index (Phi) is 3.77. The van der Waals surface area contributed by atoms with Crippen LogP contribution in [0.4, 0.5) is 8.78 Å². The van der Waals surface area contributed by atoms with Gasteiger partial charge in [-0.05, 0) is 19.1 Å². The van der Waals surface area contributed by atoms with Crippen molar-refractivity contribution in [2.75, 3.05) is 0 Å². The van der Waals surface area contributed by atoms with Gasteiger partial charge in [-0.15, -0.1) is 0 Å². The first kappa shape index (κ1) is 10.6. The highest BCUT2D eigenvalue weighted by Gasteiger charge is 2.04. The molecule has 0 aliphatic rings. The predicted octanol–water partition coefficient (Wildman–Crippen LogP) is 3.16. The molecule has 0 spiro atoms. The highest BCUT2D eigenvalue weighted by atomic mass is 127. The third-order valence-electron chi connectivity index (χ3n) is 1.41. The van der Waals surface area contributed by atoms with Gasteiger partial charge in [0.1, 0.15) is 11.6 Å². The second-order valence-corrected chi connectivity index (χ2v) is 4.29. The summed E-state index contributed by atoms with van der Waals surface area (Å²) in [5.41, 5.74) is -0.0778. The van der Waals surface area contributed by atoms with Crippen LogP contribution in [0, 0.1) is 11.6 Å². The van der Waals surface area contributed by atoms with Crippen molar-refractivity contribution in [1.82, 2.24) is 0 Å². The van der Waals surface area contributed by atoms with E-state index in [0.717, 1.165) is 0 Å². The van der Waals surface area contributed by atoms with E-state index in [1.165, 1.54) is 24.4 Å². The smallest absolute Gasteiger partial charge is 0.134 e. The molecule has 0 saturated carbocycles. The Morgan fingerprint density at radius 2 is 1.92 bits per heavy atom. The molecule has 4 heteroatoms. The minimum Gasteiger partial charge on any atom is -0.279 e. The molecule has 1 aromatic rings. The summed E-state index contributed by atoms with van der Waals surface area (Å²) < 4.78 is 25.9. The van der Waals surface area contributed by atoms with Crippen molar-refractivity contribution in [2.45, 2.75) is 11.0 Å². The van der Waals surface area contributed by atoms with Crippen molar-refractivity contribution in [2.24, 2.45) is 4.99 Å². The van der Waals surface area contributed by atoms with Crippen LogP contribution in [0.1, 0.15) is 12.5 Å². The van der Waals surface area contributed by atoms with E-state index in [9.17, 15) is 8.78 Å². The monoisotopic (exact) mass is 295 g/mol. The summed E-state index contributed by atoms with van der Waals surface area (Å²) in [4.78, 5) is 3.90. The molecule has 0 radical (unpaired) electrons. The van der Waals surface area contributed by atoms with E-state index in [1.807, 2.05) is 29.5 Å². The van der Waals surface area contributed by atoms with Gasteiger partial charge in [-0.2, -0.15) is 0 Å². The first-order valence-corrected chi connectivity index (χ1v) is 4.97. The Bertz CT molecular complexity index is 303. The molecular formula is C9H8F2IN. The standard InChI is InChI=1S/C9H8F2IN/c1-6(12)13-5-7-8(10)3-2-4-9(7)11/h2-6H,1H3. The van der Waals surface area contributed by atoms with Crippen LogP contribution in [0.5, 0.6) is 0 Å². The van der Waals surface area contributed by atoms with Gasteiger partial charge >= 0.3 is 0 Å². The van der Waals surface area contributed by atoms with Gasteiger partial charge in [0.05, 0.1) is 9.61 Å². The van der Waals surface area contributed by atoms with Crippen LogP contribution in [0.3, 0.4) is 0 Å². The van der Waals surface area contributed by atoms with Crippen LogP contribution < -0.4 is 0 Å². The molecule has 0 aliphatic carbocycles. The molecule has 1 rings (SSSR count). The molecule has 0 amide bonds. The van der Waals surface area contributed by atoms with E-state index in [2.05, 4.69) is 4.99 Å². The zero-order valence-corrected chi connectivity index (χ0v) is 9.13. The summed E-state index contributed by atoms with van der Waals surface area (Å²) in [7, 11) is 0. The third-order valence-corrected chi connectivity index (χ3v) is 1.73. The van der Waals surface area contributed by atoms with Crippen LogP contribution >= 0.6 is 22.6 Å². The van der Waals surface area contributed by atoms with Crippen LogP contribution in [-0.4, -0.2) is 10.3 Å². The number of nitrogens with zero attached hydrogens (tertiary/aromatic N) is 1. The summed E-state index contributed by atoms with van der Waals surface area (Å²) in [5.74, 6) is -1.17. The Labute approximate surface area is 89.0 Å². The SMILES string of the molecule is CC(I)N=Cc1c(F)cccc1F. The Hall–Kier alpha value is -0.520. The van der Waals surface area contributed by atoms with E-state index >= 15 is 0 Å². The van der Waals surface area contributed by atoms with Crippen molar-refractivity contribution in [3.63, 3.8) is 0 Å². The molecule has 1 atom stereocenters. The maximum Gasteiger partial charge on any atom is 0.134 e. The number of hydrogen-bond donors (Lipinski definition) is 0. The summed E-state index contributed by atoms with van der Waals surface area (Å²) in [6, 6.07) is 3.75. The van der Waals surface area contributed by atoms with E-state index in [0.29, 0.717) is 0 Å². The number of rotatable bonds is 2. The van der Waals surface area contributed by atoms with Crippen LogP contribution in [0.15, 0.2) is 23.2 Å². The summed E-state index contributed by atoms with van der Waals surface area (Å²) in [6.45, 7) is 1.83. The molecule has 0 aliphatic heterocycles. The number of aliphatic imine (C=N–C) groups is 1. The fourth-order valence-corrected chi connectivity index (χ4v) is 0.972. The fourth-order valence-electron chi connectivity index (χ4n) is 0.811. The molecule has 0 saturated heterocycles. The molecule has 1 nitrogen and oxygen atoms in total. The highest BCUT2D eigenvalue weighted by molar-refractivity contribution is 14.1. The lowest BCUT2D eigenvalue weighted by atomic mass is 10.2. The third kappa shape index (κ3) is 3.02. The van der Waals surface area contributed by atoms with E-state index in [-0.39, 0.29) is 9.61 Å². The largest absolute Gasteiger partial charge is 0.279 e. The Morgan fingerprint density at radius 3 is 2.38 bits per heavy atom. The van der Waals surface area contributed by atoms with Gasteiger partial charge in [-0.25, -0.2) is 8.78 Å². The van der Waals surface area contributed by atoms with Gasteiger partial charge in [-0.1, -0.05) is 28.7 Å². The molecule has 70 valence electrons. The van der Waals surface area contributed by atoms with Gasteiger partial charge in [-0.3, -0.25) is 4.99 Å². The molecule has 1 aromatic carbocycles. The van der Waals surface area contributed by atoms with Gasteiger partial charge in [0.2, 0.25) is 0 Å². The predicted molar refractivity (Wildman–Crippen MR) is 57.4 cm³/mol. The lowest BCUT2D eigenvalue weighted by molar-refractivity contribution is 0.580. The average Bonchev–Trinajstić information content (AvgIpc) is 2.03. The van der Waals surface area contributed by atoms with Crippen molar-refractivity contribution in [1.29, 1.82) is 0 Å². The van der Waals surface area contributed by atoms with Crippen molar-refractivity contribution in [3.05, 3.63) is 35.4 Å². The zero-order valence-electron chi connectivity index (χ0n) is 6.97. The minimum atomic E-state index is -0.583. The van der Waals surface area contributed by atoms with Crippen LogP contribution in [-0.2, 0) is 0 Å². The zero-order chi connectivity index (χ0) is 9.84. The van der Waals surface area contributed by atoms with Gasteiger partial charge in [0.25, 0.3) is 0 Å². The number of hydrogen-bond acceptors (Lipinski definition) is 1. The van der Waals surface area contributed by atoms with E-state index < -0.39 is 11.6 Å². The highest BCUT2D eigenvalue weighted by Crippen LogP contribution is 2.10. The van der Waals surface area contributed by atoms with Gasteiger partial charge < -0.3 is 0 Å². The van der Waals surface area contributed by atoms with E-state index in [4.69, 9.17) is 0 Å². The van der Waals surface area contributed by atoms with E-state index in [1.54, 1.807) is 0 Å². The number of benzene rings is 1. The molecular weight excluding hydrogens is 287 g/mol. The first-order valence-electron chi connectivity index (χ1n) is 3.72. The molecule has 0 bridgehead atoms. The average molecular weight is 295 g/mol. The van der Waals surface area contributed by atoms with Crippen LogP contribution in [0.2, 0.25) is 0 Å². The van der Waals surface area contributed by atoms with Crippen molar-refractivity contribution >= 4 is 28.8 Å². The minimum absolute atomic E-state index is 0.0107. The summed E-state index contributed by atoms with van der Waals surface area (Å²) in [6.07, 6.45) is 1.22. The Morgan fingerprint density at radius 1 is 1.38 bits per heavy atom. The fraction of sp³-hybridized carbons (Fsp3) is 0.222. The molecule has 1 unspecified atom stereocenters. The maximum absolute atomic E-state index is 13.0. The normalized spacial score (nSPS) is 13.5. The first-order chi connectivity index (χ1) is 6.11. The molecule has 0 heterocycles. The Balaban J connectivity index is 3.00.